The maximum absolute atomic E-state index is 14.6. The molecule has 0 radical (unpaired) electrons. The largest absolute Gasteiger partial charge is 0.475 e. The number of nitrogens with zero attached hydrogens (tertiary/aromatic N) is 2. The number of hydrogen-bond donors (Lipinski definition) is 1. The molecule has 3 aromatic rings. The van der Waals surface area contributed by atoms with Gasteiger partial charge in [0.05, 0.1) is 11.1 Å². The minimum Gasteiger partial charge on any atom is -0.475 e. The number of halogens is 2. The van der Waals surface area contributed by atoms with E-state index >= 15 is 0 Å². The van der Waals surface area contributed by atoms with Crippen molar-refractivity contribution in [2.75, 3.05) is 6.61 Å². The van der Waals surface area contributed by atoms with Crippen molar-refractivity contribution in [2.24, 2.45) is 5.92 Å². The molecule has 0 aliphatic rings. The van der Waals surface area contributed by atoms with Crippen LogP contribution in [0, 0.1) is 24.5 Å². The van der Waals surface area contributed by atoms with Gasteiger partial charge in [0.2, 0.25) is 5.88 Å². The fraction of sp³-hybridized carbons (Fsp3) is 0.444. The van der Waals surface area contributed by atoms with Gasteiger partial charge < -0.3 is 14.8 Å². The van der Waals surface area contributed by atoms with Crippen molar-refractivity contribution in [2.45, 2.75) is 66.0 Å². The van der Waals surface area contributed by atoms with Gasteiger partial charge in [-0.2, -0.15) is 0 Å². The summed E-state index contributed by atoms with van der Waals surface area (Å²) in [5.74, 6) is -0.657. The van der Waals surface area contributed by atoms with Gasteiger partial charge in [-0.05, 0) is 64.7 Å². The van der Waals surface area contributed by atoms with Gasteiger partial charge in [-0.1, -0.05) is 13.8 Å². The number of rotatable bonds is 7. The SMILES string of the molecule is Cc1cc(-c2ccnc3cc(F)cc(F)c23)cnc1OC[C@](C)(CC(C)C)NC(=O)OC(C)(C)C. The van der Waals surface area contributed by atoms with Gasteiger partial charge in [0.15, 0.2) is 0 Å². The van der Waals surface area contributed by atoms with E-state index in [4.69, 9.17) is 9.47 Å². The van der Waals surface area contributed by atoms with E-state index in [0.717, 1.165) is 11.6 Å². The molecule has 1 aromatic carbocycles. The standard InChI is InChI=1S/C27H33F2N3O3/c1-16(2)13-27(7,32-25(33)35-26(4,5)6)15-34-24-17(3)10-18(14-31-24)20-8-9-30-22-12-19(28)11-21(29)23(20)22/h8-12,14,16H,13,15H2,1-7H3,(H,32,33)/t27-/m0/s1. The van der Waals surface area contributed by atoms with Gasteiger partial charge in [-0.3, -0.25) is 4.98 Å². The minimum absolute atomic E-state index is 0.184. The van der Waals surface area contributed by atoms with Crippen molar-refractivity contribution in [1.82, 2.24) is 15.3 Å². The van der Waals surface area contributed by atoms with E-state index in [2.05, 4.69) is 29.1 Å². The van der Waals surface area contributed by atoms with Gasteiger partial charge in [-0.15, -0.1) is 0 Å². The summed E-state index contributed by atoms with van der Waals surface area (Å²) >= 11 is 0. The Hall–Kier alpha value is -3.29. The molecule has 2 heterocycles. The molecule has 0 saturated heterocycles. The molecule has 3 rings (SSSR count). The number of nitrogens with one attached hydrogen (secondary N) is 1. The number of fused-ring (bicyclic) bond motifs is 1. The second kappa shape index (κ2) is 10.1. The van der Waals surface area contributed by atoms with Crippen LogP contribution in [0.2, 0.25) is 0 Å². The fourth-order valence-electron chi connectivity index (χ4n) is 4.13. The van der Waals surface area contributed by atoms with Crippen molar-refractivity contribution >= 4 is 17.0 Å². The van der Waals surface area contributed by atoms with Gasteiger partial charge >= 0.3 is 6.09 Å². The van der Waals surface area contributed by atoms with E-state index in [1.807, 2.05) is 40.7 Å². The minimum atomic E-state index is -0.683. The number of alkyl carbamates (subject to hydrolysis) is 1. The Labute approximate surface area is 205 Å². The van der Waals surface area contributed by atoms with E-state index in [-0.39, 0.29) is 17.5 Å². The van der Waals surface area contributed by atoms with E-state index in [1.165, 1.54) is 12.3 Å². The third kappa shape index (κ3) is 6.87. The Kier molecular flexibility index (Phi) is 7.62. The summed E-state index contributed by atoms with van der Waals surface area (Å²) in [5.41, 5.74) is 0.892. The summed E-state index contributed by atoms with van der Waals surface area (Å²) in [7, 11) is 0. The molecule has 1 N–H and O–H groups in total. The van der Waals surface area contributed by atoms with Crippen LogP contribution in [0.3, 0.4) is 0 Å². The number of benzene rings is 1. The molecule has 6 nitrogen and oxygen atoms in total. The van der Waals surface area contributed by atoms with Crippen LogP contribution in [0.15, 0.2) is 36.7 Å². The zero-order valence-electron chi connectivity index (χ0n) is 21.3. The summed E-state index contributed by atoms with van der Waals surface area (Å²) in [6.07, 6.45) is 3.26. The lowest BCUT2D eigenvalue weighted by molar-refractivity contribution is 0.0405. The van der Waals surface area contributed by atoms with Gasteiger partial charge in [0, 0.05) is 41.0 Å². The Bertz CT molecular complexity index is 1220. The number of amides is 1. The van der Waals surface area contributed by atoms with E-state index < -0.39 is 28.9 Å². The highest BCUT2D eigenvalue weighted by molar-refractivity contribution is 5.94. The van der Waals surface area contributed by atoms with Gasteiger partial charge in [0.25, 0.3) is 0 Å². The normalized spacial score (nSPS) is 13.5. The quantitative estimate of drug-likeness (QED) is 0.409. The van der Waals surface area contributed by atoms with Crippen LogP contribution in [0.4, 0.5) is 13.6 Å². The second-order valence-electron chi connectivity index (χ2n) is 10.6. The Balaban J connectivity index is 1.83. The average molecular weight is 486 g/mol. The summed E-state index contributed by atoms with van der Waals surface area (Å²) < 4.78 is 39.7. The number of aromatic nitrogens is 2. The van der Waals surface area contributed by atoms with Crippen LogP contribution in [0.1, 0.15) is 53.5 Å². The molecule has 0 saturated carbocycles. The van der Waals surface area contributed by atoms with Crippen molar-refractivity contribution in [3.63, 3.8) is 0 Å². The monoisotopic (exact) mass is 485 g/mol. The highest BCUT2D eigenvalue weighted by Crippen LogP contribution is 2.32. The lowest BCUT2D eigenvalue weighted by Gasteiger charge is -2.33. The Morgan fingerprint density at radius 2 is 1.83 bits per heavy atom. The summed E-state index contributed by atoms with van der Waals surface area (Å²) in [6, 6.07) is 5.55. The molecule has 1 atom stereocenters. The highest BCUT2D eigenvalue weighted by atomic mass is 19.1. The van der Waals surface area contributed by atoms with E-state index in [1.54, 1.807) is 12.3 Å². The fourth-order valence-corrected chi connectivity index (χ4v) is 4.13. The maximum atomic E-state index is 14.6. The number of carbonyl (C=O) groups excluding carboxylic acids is 1. The smallest absolute Gasteiger partial charge is 0.408 e. The summed E-state index contributed by atoms with van der Waals surface area (Å²) in [6.45, 7) is 13.5. The Morgan fingerprint density at radius 1 is 1.11 bits per heavy atom. The molecule has 0 unspecified atom stereocenters. The van der Waals surface area contributed by atoms with Crippen molar-refractivity contribution in [3.8, 4) is 17.0 Å². The number of carbonyl (C=O) groups is 1. The molecule has 8 heteroatoms. The predicted molar refractivity (Wildman–Crippen MR) is 132 cm³/mol. The lowest BCUT2D eigenvalue weighted by atomic mass is 9.91. The average Bonchev–Trinajstić information content (AvgIpc) is 2.70. The van der Waals surface area contributed by atoms with Crippen LogP contribution in [-0.4, -0.2) is 33.8 Å². The first-order chi connectivity index (χ1) is 16.3. The first kappa shape index (κ1) is 26.3. The van der Waals surface area contributed by atoms with Crippen LogP contribution < -0.4 is 10.1 Å². The molecule has 0 spiro atoms. The number of ether oxygens (including phenoxy) is 2. The molecule has 0 fully saturated rings. The number of aryl methyl sites for hydroxylation is 1. The van der Waals surface area contributed by atoms with Crippen LogP contribution in [0.25, 0.3) is 22.0 Å². The van der Waals surface area contributed by atoms with E-state index in [0.29, 0.717) is 29.3 Å². The zero-order chi connectivity index (χ0) is 26.0. The van der Waals surface area contributed by atoms with Crippen molar-refractivity contribution in [1.29, 1.82) is 0 Å². The van der Waals surface area contributed by atoms with Crippen LogP contribution >= 0.6 is 0 Å². The zero-order valence-corrected chi connectivity index (χ0v) is 21.3. The number of pyridine rings is 2. The topological polar surface area (TPSA) is 73.3 Å². The molecule has 2 aromatic heterocycles. The molecule has 1 amide bonds. The summed E-state index contributed by atoms with van der Waals surface area (Å²) in [4.78, 5) is 21.0. The third-order valence-electron chi connectivity index (χ3n) is 5.29. The van der Waals surface area contributed by atoms with Crippen LogP contribution in [0.5, 0.6) is 5.88 Å². The van der Waals surface area contributed by atoms with Crippen molar-refractivity contribution < 1.29 is 23.0 Å². The molecular weight excluding hydrogens is 452 g/mol. The molecule has 35 heavy (non-hydrogen) atoms. The molecule has 0 aliphatic heterocycles. The summed E-state index contributed by atoms with van der Waals surface area (Å²) in [5, 5.41) is 3.18. The molecule has 0 bridgehead atoms. The third-order valence-corrected chi connectivity index (χ3v) is 5.29. The molecule has 0 aliphatic carbocycles. The second-order valence-corrected chi connectivity index (χ2v) is 10.6. The maximum Gasteiger partial charge on any atom is 0.408 e. The predicted octanol–water partition coefficient (Wildman–Crippen LogP) is 6.59. The van der Waals surface area contributed by atoms with Crippen LogP contribution in [-0.2, 0) is 4.74 Å². The first-order valence-corrected chi connectivity index (χ1v) is 11.6. The number of hydrogen-bond acceptors (Lipinski definition) is 5. The highest BCUT2D eigenvalue weighted by Gasteiger charge is 2.31. The molecular formula is C27H33F2N3O3. The lowest BCUT2D eigenvalue weighted by Crippen LogP contribution is -2.52. The van der Waals surface area contributed by atoms with Gasteiger partial charge in [-0.25, -0.2) is 18.6 Å². The van der Waals surface area contributed by atoms with Gasteiger partial charge in [0.1, 0.15) is 23.8 Å². The first-order valence-electron chi connectivity index (χ1n) is 11.6. The van der Waals surface area contributed by atoms with Crippen molar-refractivity contribution in [3.05, 3.63) is 53.9 Å². The van der Waals surface area contributed by atoms with E-state index in [9.17, 15) is 13.6 Å². The Morgan fingerprint density at radius 3 is 2.46 bits per heavy atom. The molecule has 188 valence electrons.